The molecule has 0 bridgehead atoms. The summed E-state index contributed by atoms with van der Waals surface area (Å²) in [6.45, 7) is 5.89. The van der Waals surface area contributed by atoms with Crippen LogP contribution in [-0.4, -0.2) is 96.1 Å². The van der Waals surface area contributed by atoms with E-state index in [0.29, 0.717) is 84.9 Å². The van der Waals surface area contributed by atoms with Gasteiger partial charge in [0.15, 0.2) is 0 Å². The maximum absolute atomic E-state index is 12.9. The zero-order chi connectivity index (χ0) is 43.0. The van der Waals surface area contributed by atoms with Crippen molar-refractivity contribution in [3.8, 4) is 0 Å². The van der Waals surface area contributed by atoms with E-state index in [9.17, 15) is 32.3 Å². The number of alkyl halides is 3. The van der Waals surface area contributed by atoms with Gasteiger partial charge in [-0.05, 0) is 89.1 Å². The van der Waals surface area contributed by atoms with Gasteiger partial charge in [-0.2, -0.15) is 13.2 Å². The number of piperazine rings is 2. The number of carbonyl (C=O) groups is 4. The number of carboxylic acids is 2. The quantitative estimate of drug-likeness (QED) is 0.166. The van der Waals surface area contributed by atoms with Gasteiger partial charge in [0.2, 0.25) is 11.5 Å². The number of hydrogen-bond donors (Lipinski definition) is 2. The predicted molar refractivity (Wildman–Crippen MR) is 223 cm³/mol. The average molecular weight is 931 g/mol. The first-order valence-electron chi connectivity index (χ1n) is 18.4. The maximum atomic E-state index is 12.9. The molecular weight excluding hydrogens is 896 g/mol. The third kappa shape index (κ3) is 8.62. The van der Waals surface area contributed by atoms with Crippen LogP contribution in [0.4, 0.5) is 24.5 Å². The zero-order valence-corrected chi connectivity index (χ0v) is 34.7. The highest BCUT2D eigenvalue weighted by atomic mass is 79.9. The van der Waals surface area contributed by atoms with Crippen molar-refractivity contribution < 1.29 is 51.4 Å². The van der Waals surface area contributed by atoms with Crippen LogP contribution in [0.2, 0.25) is 10.0 Å². The van der Waals surface area contributed by atoms with Crippen molar-refractivity contribution in [3.63, 3.8) is 0 Å². The molecule has 0 radical (unpaired) electrons. The number of halogens is 6. The highest BCUT2D eigenvalue weighted by Crippen LogP contribution is 2.37. The first-order valence-corrected chi connectivity index (χ1v) is 20.0. The Morgan fingerprint density at radius 1 is 0.667 bits per heavy atom. The highest BCUT2D eigenvalue weighted by molar-refractivity contribution is 9.10. The van der Waals surface area contributed by atoms with Crippen LogP contribution in [-0.2, 0) is 6.18 Å². The molecule has 0 spiro atoms. The molecule has 2 aromatic heterocycles. The number of hydrogen-bond acceptors (Lipinski definition) is 8. The highest BCUT2D eigenvalue weighted by Gasteiger charge is 2.32. The minimum absolute atomic E-state index is 0.0143. The van der Waals surface area contributed by atoms with Crippen LogP contribution in [0.3, 0.4) is 0 Å². The molecule has 4 aromatic carbocycles. The monoisotopic (exact) mass is 928 g/mol. The Bertz CT molecular complexity index is 2650. The first-order chi connectivity index (χ1) is 28.5. The number of fused-ring (bicyclic) bond motifs is 2. The van der Waals surface area contributed by atoms with Gasteiger partial charge in [0, 0.05) is 80.4 Å². The molecule has 2 aliphatic rings. The Kier molecular flexibility index (Phi) is 12.1. The molecule has 2 aliphatic heterocycles. The molecular formula is C42H34BrCl2F3N4O8. The molecule has 2 saturated heterocycles. The summed E-state index contributed by atoms with van der Waals surface area (Å²) in [7, 11) is 0. The number of benzene rings is 4. The van der Waals surface area contributed by atoms with Gasteiger partial charge < -0.3 is 38.6 Å². The van der Waals surface area contributed by atoms with Gasteiger partial charge in [-0.15, -0.1) is 0 Å². The number of carbonyl (C=O) groups excluding carboxylic acids is 2. The molecule has 0 aliphatic carbocycles. The van der Waals surface area contributed by atoms with E-state index in [-0.39, 0.29) is 28.0 Å². The number of aryl methyl sites for hydroxylation is 1. The van der Waals surface area contributed by atoms with E-state index in [2.05, 4.69) is 25.7 Å². The standard InChI is InChI=1S/C22H19F3N2O4.C20H15BrCl2N2O4/c1-13-16-12-19(21(29)30)31-18(16)6-5-17(13)26-7-9-27(10-8-26)20(28)14-3-2-4-15(11-14)22(23,24)25;21-17-12-10-16(20(27)28)29-15(12)5-4-14(17)24-6-8-25(9-7-24)19(26)11-2-1-3-13(22)18(11)23/h2-6,11-12H,7-10H2,1H3,(H,29,30);1-5,10H,6-9H2,(H,27,28). The van der Waals surface area contributed by atoms with E-state index >= 15 is 0 Å². The van der Waals surface area contributed by atoms with E-state index in [1.165, 1.54) is 24.3 Å². The van der Waals surface area contributed by atoms with Crippen LogP contribution >= 0.6 is 39.1 Å². The minimum atomic E-state index is -4.50. The number of anilines is 2. The summed E-state index contributed by atoms with van der Waals surface area (Å²) in [4.78, 5) is 55.3. The van der Waals surface area contributed by atoms with E-state index in [1.807, 2.05) is 19.1 Å². The Labute approximate surface area is 358 Å². The molecule has 0 atom stereocenters. The van der Waals surface area contributed by atoms with Crippen molar-refractivity contribution in [1.29, 1.82) is 0 Å². The number of rotatable bonds is 6. The van der Waals surface area contributed by atoms with Crippen LogP contribution in [0.1, 0.15) is 53.0 Å². The fourth-order valence-electron chi connectivity index (χ4n) is 7.25. The predicted octanol–water partition coefficient (Wildman–Crippen LogP) is 9.58. The Morgan fingerprint density at radius 2 is 1.18 bits per heavy atom. The molecule has 18 heteroatoms. The molecule has 0 unspecified atom stereocenters. The number of aromatic carboxylic acids is 2. The summed E-state index contributed by atoms with van der Waals surface area (Å²) in [6.07, 6.45) is -4.50. The third-order valence-electron chi connectivity index (χ3n) is 10.4. The second-order valence-corrected chi connectivity index (χ2v) is 15.6. The van der Waals surface area contributed by atoms with Crippen molar-refractivity contribution in [2.75, 3.05) is 62.2 Å². The topological polar surface area (TPSA) is 148 Å². The molecule has 2 amide bonds. The van der Waals surface area contributed by atoms with Crippen LogP contribution in [0, 0.1) is 6.92 Å². The van der Waals surface area contributed by atoms with Crippen molar-refractivity contribution >= 4 is 96.2 Å². The molecule has 0 saturated carbocycles. The first kappa shape index (κ1) is 42.4. The summed E-state index contributed by atoms with van der Waals surface area (Å²) < 4.78 is 50.3. The molecule has 2 N–H and O–H groups in total. The molecule has 12 nitrogen and oxygen atoms in total. The number of furan rings is 2. The van der Waals surface area contributed by atoms with Crippen LogP contribution < -0.4 is 9.80 Å². The van der Waals surface area contributed by atoms with Gasteiger partial charge in [0.1, 0.15) is 11.2 Å². The second kappa shape index (κ2) is 17.1. The summed E-state index contributed by atoms with van der Waals surface area (Å²) >= 11 is 15.8. The number of nitrogens with zero attached hydrogens (tertiary/aromatic N) is 4. The summed E-state index contributed by atoms with van der Waals surface area (Å²) in [5, 5.41) is 20.3. The van der Waals surface area contributed by atoms with Gasteiger partial charge in [-0.3, -0.25) is 9.59 Å². The van der Waals surface area contributed by atoms with E-state index in [1.54, 1.807) is 40.1 Å². The molecule has 60 heavy (non-hydrogen) atoms. The second-order valence-electron chi connectivity index (χ2n) is 14.0. The average Bonchev–Trinajstić information content (AvgIpc) is 3.89. The van der Waals surface area contributed by atoms with Crippen molar-refractivity contribution in [3.05, 3.63) is 127 Å². The van der Waals surface area contributed by atoms with Gasteiger partial charge >= 0.3 is 18.1 Å². The fourth-order valence-corrected chi connectivity index (χ4v) is 8.33. The molecule has 312 valence electrons. The van der Waals surface area contributed by atoms with Crippen molar-refractivity contribution in [1.82, 2.24) is 9.80 Å². The largest absolute Gasteiger partial charge is 0.475 e. The molecule has 2 fully saturated rings. The molecule has 4 heterocycles. The van der Waals surface area contributed by atoms with E-state index in [4.69, 9.17) is 42.2 Å². The summed E-state index contributed by atoms with van der Waals surface area (Å²) in [6, 6.07) is 19.7. The minimum Gasteiger partial charge on any atom is -0.475 e. The fraction of sp³-hybridized carbons (Fsp3) is 0.238. The lowest BCUT2D eigenvalue weighted by atomic mass is 10.1. The van der Waals surface area contributed by atoms with Gasteiger partial charge in [0.25, 0.3) is 11.8 Å². The third-order valence-corrected chi connectivity index (χ3v) is 12.1. The summed E-state index contributed by atoms with van der Waals surface area (Å²) in [5.41, 5.74) is 3.24. The van der Waals surface area contributed by atoms with Crippen molar-refractivity contribution in [2.45, 2.75) is 13.1 Å². The lowest BCUT2D eigenvalue weighted by Gasteiger charge is -2.37. The SMILES string of the molecule is Cc1c(N2CCN(C(=O)c3cccc(C(F)(F)F)c3)CC2)ccc2oc(C(=O)O)cc12.O=C(O)c1cc2c(Br)c(N3CCN(C(=O)c4cccc(Cl)c4Cl)CC3)ccc2o1. The summed E-state index contributed by atoms with van der Waals surface area (Å²) in [5.74, 6) is -3.06. The molecule has 8 rings (SSSR count). The Balaban J connectivity index is 0.000000182. The van der Waals surface area contributed by atoms with Gasteiger partial charge in [-0.25, -0.2) is 9.59 Å². The van der Waals surface area contributed by atoms with Crippen LogP contribution in [0.5, 0.6) is 0 Å². The Morgan fingerprint density at radius 3 is 1.77 bits per heavy atom. The van der Waals surface area contributed by atoms with Gasteiger partial charge in [0.05, 0.1) is 31.3 Å². The van der Waals surface area contributed by atoms with E-state index in [0.717, 1.165) is 33.5 Å². The maximum Gasteiger partial charge on any atom is 0.416 e. The Hall–Kier alpha value is -5.71. The van der Waals surface area contributed by atoms with E-state index < -0.39 is 29.6 Å². The lowest BCUT2D eigenvalue weighted by molar-refractivity contribution is -0.137. The zero-order valence-electron chi connectivity index (χ0n) is 31.6. The van der Waals surface area contributed by atoms with Crippen LogP contribution in [0.25, 0.3) is 21.9 Å². The van der Waals surface area contributed by atoms with Crippen LogP contribution in [0.15, 0.2) is 92.2 Å². The van der Waals surface area contributed by atoms with Gasteiger partial charge in [-0.1, -0.05) is 35.3 Å². The lowest BCUT2D eigenvalue weighted by Crippen LogP contribution is -2.49. The number of amides is 2. The number of carboxylic acid groups (broad SMARTS) is 2. The van der Waals surface area contributed by atoms with Crippen molar-refractivity contribution in [2.24, 2.45) is 0 Å². The smallest absolute Gasteiger partial charge is 0.416 e. The molecule has 6 aromatic rings. The normalized spacial score (nSPS) is 14.7.